The number of halogens is 1. The minimum Gasteiger partial charge on any atom is -0.371 e. The lowest BCUT2D eigenvalue weighted by Crippen LogP contribution is -2.22. The van der Waals surface area contributed by atoms with Crippen molar-refractivity contribution >= 4 is 21.6 Å². The molecule has 1 fully saturated rings. The Kier molecular flexibility index (Phi) is 5.91. The fourth-order valence-electron chi connectivity index (χ4n) is 3.04. The van der Waals surface area contributed by atoms with Gasteiger partial charge in [0.15, 0.2) is 0 Å². The van der Waals surface area contributed by atoms with Crippen LogP contribution in [0.25, 0.3) is 0 Å². The van der Waals surface area contributed by atoms with Gasteiger partial charge >= 0.3 is 0 Å². The van der Waals surface area contributed by atoms with Gasteiger partial charge in [-0.15, -0.1) is 0 Å². The van der Waals surface area contributed by atoms with Crippen molar-refractivity contribution in [3.8, 4) is 0 Å². The van der Waals surface area contributed by atoms with Gasteiger partial charge in [-0.25, -0.2) is 0 Å². The molecule has 2 nitrogen and oxygen atoms in total. The highest BCUT2D eigenvalue weighted by atomic mass is 79.9. The Morgan fingerprint density at radius 1 is 1.40 bits per heavy atom. The standard InChI is InChI=1S/C17H27BrN2/c1-3-5-13-8-9-20(12-13)16-7-6-14(17(18)11-16)10-15(19)4-2/h6-7,11,13,15H,3-5,8-10,12,19H2,1-2H3. The van der Waals surface area contributed by atoms with Crippen LogP contribution in [0, 0.1) is 5.92 Å². The molecule has 20 heavy (non-hydrogen) atoms. The summed E-state index contributed by atoms with van der Waals surface area (Å²) in [6.07, 6.45) is 5.99. The molecule has 3 heteroatoms. The van der Waals surface area contributed by atoms with E-state index in [0.717, 1.165) is 18.8 Å². The molecule has 1 saturated heterocycles. The summed E-state index contributed by atoms with van der Waals surface area (Å²) < 4.78 is 1.21. The van der Waals surface area contributed by atoms with Crippen LogP contribution in [0.2, 0.25) is 0 Å². The third kappa shape index (κ3) is 3.98. The van der Waals surface area contributed by atoms with Crippen molar-refractivity contribution in [3.63, 3.8) is 0 Å². The van der Waals surface area contributed by atoms with Gasteiger partial charge in [-0.2, -0.15) is 0 Å². The predicted molar refractivity (Wildman–Crippen MR) is 91.3 cm³/mol. The number of hydrogen-bond donors (Lipinski definition) is 1. The van der Waals surface area contributed by atoms with Gasteiger partial charge in [0.25, 0.3) is 0 Å². The van der Waals surface area contributed by atoms with Gasteiger partial charge < -0.3 is 10.6 Å². The van der Waals surface area contributed by atoms with E-state index < -0.39 is 0 Å². The summed E-state index contributed by atoms with van der Waals surface area (Å²) in [5.74, 6) is 0.881. The van der Waals surface area contributed by atoms with Crippen LogP contribution in [0.1, 0.15) is 45.1 Å². The first-order valence-corrected chi connectivity index (χ1v) is 8.72. The van der Waals surface area contributed by atoms with Crippen LogP contribution in [0.15, 0.2) is 22.7 Å². The van der Waals surface area contributed by atoms with Crippen molar-refractivity contribution in [2.24, 2.45) is 11.7 Å². The van der Waals surface area contributed by atoms with Crippen LogP contribution in [0.4, 0.5) is 5.69 Å². The van der Waals surface area contributed by atoms with Crippen LogP contribution in [0.5, 0.6) is 0 Å². The number of nitrogens with zero attached hydrogens (tertiary/aromatic N) is 1. The summed E-state index contributed by atoms with van der Waals surface area (Å²) in [5, 5.41) is 0. The van der Waals surface area contributed by atoms with Crippen molar-refractivity contribution in [2.45, 2.75) is 52.0 Å². The molecule has 0 amide bonds. The van der Waals surface area contributed by atoms with E-state index in [1.807, 2.05) is 0 Å². The molecule has 1 aromatic carbocycles. The molecule has 2 N–H and O–H groups in total. The SMILES string of the molecule is CCCC1CCN(c2ccc(CC(N)CC)c(Br)c2)C1. The van der Waals surface area contributed by atoms with Crippen molar-refractivity contribution < 1.29 is 0 Å². The van der Waals surface area contributed by atoms with Gasteiger partial charge in [-0.1, -0.05) is 42.3 Å². The molecule has 0 spiro atoms. The minimum atomic E-state index is 0.262. The summed E-state index contributed by atoms with van der Waals surface area (Å²) in [6.45, 7) is 6.84. The summed E-state index contributed by atoms with van der Waals surface area (Å²) in [6, 6.07) is 7.03. The molecular formula is C17H27BrN2. The monoisotopic (exact) mass is 338 g/mol. The lowest BCUT2D eigenvalue weighted by molar-refractivity contribution is 0.530. The highest BCUT2D eigenvalue weighted by Gasteiger charge is 2.22. The highest BCUT2D eigenvalue weighted by Crippen LogP contribution is 2.30. The quantitative estimate of drug-likeness (QED) is 0.835. The van der Waals surface area contributed by atoms with Crippen LogP contribution < -0.4 is 10.6 Å². The smallest absolute Gasteiger partial charge is 0.0377 e. The summed E-state index contributed by atoms with van der Waals surface area (Å²) in [4.78, 5) is 2.52. The van der Waals surface area contributed by atoms with Crippen LogP contribution >= 0.6 is 15.9 Å². The van der Waals surface area contributed by atoms with Gasteiger partial charge in [-0.3, -0.25) is 0 Å². The van der Waals surface area contributed by atoms with Crippen molar-refractivity contribution in [3.05, 3.63) is 28.2 Å². The molecule has 2 rings (SSSR count). The van der Waals surface area contributed by atoms with E-state index in [-0.39, 0.29) is 6.04 Å². The van der Waals surface area contributed by atoms with Crippen molar-refractivity contribution in [1.82, 2.24) is 0 Å². The van der Waals surface area contributed by atoms with E-state index in [9.17, 15) is 0 Å². The molecule has 0 aromatic heterocycles. The van der Waals surface area contributed by atoms with Crippen LogP contribution in [0.3, 0.4) is 0 Å². The first kappa shape index (κ1) is 15.8. The van der Waals surface area contributed by atoms with E-state index in [1.165, 1.54) is 48.1 Å². The first-order chi connectivity index (χ1) is 9.63. The van der Waals surface area contributed by atoms with Gasteiger partial charge in [-0.05, 0) is 49.3 Å². The zero-order chi connectivity index (χ0) is 14.5. The Labute approximate surface area is 131 Å². The van der Waals surface area contributed by atoms with Crippen molar-refractivity contribution in [1.29, 1.82) is 0 Å². The number of nitrogens with two attached hydrogens (primary N) is 1. The van der Waals surface area contributed by atoms with Crippen LogP contribution in [-0.4, -0.2) is 19.1 Å². The average molecular weight is 339 g/mol. The Morgan fingerprint density at radius 2 is 2.20 bits per heavy atom. The maximum Gasteiger partial charge on any atom is 0.0377 e. The van der Waals surface area contributed by atoms with E-state index in [1.54, 1.807) is 0 Å². The number of hydrogen-bond acceptors (Lipinski definition) is 2. The topological polar surface area (TPSA) is 29.3 Å². The Bertz CT molecular complexity index is 433. The molecule has 0 radical (unpaired) electrons. The largest absolute Gasteiger partial charge is 0.371 e. The van der Waals surface area contributed by atoms with Gasteiger partial charge in [0.05, 0.1) is 0 Å². The lowest BCUT2D eigenvalue weighted by Gasteiger charge is -2.20. The van der Waals surface area contributed by atoms with Gasteiger partial charge in [0.1, 0.15) is 0 Å². The summed E-state index contributed by atoms with van der Waals surface area (Å²) >= 11 is 3.72. The third-order valence-corrected chi connectivity index (χ3v) is 5.13. The Hall–Kier alpha value is -0.540. The molecule has 112 valence electrons. The fourth-order valence-corrected chi connectivity index (χ4v) is 3.56. The molecular weight excluding hydrogens is 312 g/mol. The molecule has 0 aliphatic carbocycles. The van der Waals surface area contributed by atoms with Gasteiger partial charge in [0, 0.05) is 29.3 Å². The molecule has 0 saturated carbocycles. The average Bonchev–Trinajstić information content (AvgIpc) is 2.90. The minimum absolute atomic E-state index is 0.262. The highest BCUT2D eigenvalue weighted by molar-refractivity contribution is 9.10. The predicted octanol–water partition coefficient (Wildman–Crippen LogP) is 4.36. The Balaban J connectivity index is 2.02. The van der Waals surface area contributed by atoms with Gasteiger partial charge in [0.2, 0.25) is 0 Å². The van der Waals surface area contributed by atoms with E-state index in [2.05, 4.69) is 52.9 Å². The van der Waals surface area contributed by atoms with Crippen LogP contribution in [-0.2, 0) is 6.42 Å². The molecule has 2 unspecified atom stereocenters. The summed E-state index contributed by atoms with van der Waals surface area (Å²) in [5.41, 5.74) is 8.73. The molecule has 1 heterocycles. The fraction of sp³-hybridized carbons (Fsp3) is 0.647. The Morgan fingerprint density at radius 3 is 2.85 bits per heavy atom. The lowest BCUT2D eigenvalue weighted by atomic mass is 10.0. The zero-order valence-corrected chi connectivity index (χ0v) is 14.3. The molecule has 0 bridgehead atoms. The molecule has 1 aliphatic heterocycles. The summed E-state index contributed by atoms with van der Waals surface area (Å²) in [7, 11) is 0. The normalized spacial score (nSPS) is 20.4. The van der Waals surface area contributed by atoms with E-state index in [4.69, 9.17) is 5.73 Å². The molecule has 1 aliphatic rings. The number of benzene rings is 1. The zero-order valence-electron chi connectivity index (χ0n) is 12.7. The molecule has 1 aromatic rings. The van der Waals surface area contributed by atoms with E-state index in [0.29, 0.717) is 0 Å². The second-order valence-corrected chi connectivity index (χ2v) is 6.89. The third-order valence-electron chi connectivity index (χ3n) is 4.39. The number of rotatable bonds is 6. The second kappa shape index (κ2) is 7.46. The van der Waals surface area contributed by atoms with E-state index >= 15 is 0 Å². The maximum absolute atomic E-state index is 6.05. The first-order valence-electron chi connectivity index (χ1n) is 7.93. The van der Waals surface area contributed by atoms with Crippen molar-refractivity contribution in [2.75, 3.05) is 18.0 Å². The maximum atomic E-state index is 6.05. The number of anilines is 1. The second-order valence-electron chi connectivity index (χ2n) is 6.04. The molecule has 2 atom stereocenters.